The number of para-hydroxylation sites is 1. The van der Waals surface area contributed by atoms with Crippen LogP contribution in [-0.2, 0) is 11.3 Å². The Balaban J connectivity index is 1.76. The van der Waals surface area contributed by atoms with Crippen molar-refractivity contribution in [1.82, 2.24) is 0 Å². The van der Waals surface area contributed by atoms with E-state index in [1.54, 1.807) is 12.1 Å². The minimum Gasteiger partial charge on any atom is -0.488 e. The van der Waals surface area contributed by atoms with Crippen molar-refractivity contribution in [2.45, 2.75) is 6.61 Å². The Labute approximate surface area is 167 Å². The minimum atomic E-state index is -0.356. The molecule has 0 aliphatic rings. The molecule has 0 atom stereocenters. The first-order valence-corrected chi connectivity index (χ1v) is 9.28. The van der Waals surface area contributed by atoms with Gasteiger partial charge in [-0.1, -0.05) is 82.7 Å². The molecule has 0 unspecified atom stereocenters. The van der Waals surface area contributed by atoms with Crippen LogP contribution in [0.15, 0.2) is 77.3 Å². The molecule has 0 saturated carbocycles. The third-order valence-corrected chi connectivity index (χ3v) is 4.71. The Hall–Kier alpha value is -2.85. The van der Waals surface area contributed by atoms with Gasteiger partial charge in [-0.3, -0.25) is 0 Å². The molecular weight excluding hydrogens is 404 g/mol. The molecule has 0 bridgehead atoms. The molecular formula is C23H19BrO3. The summed E-state index contributed by atoms with van der Waals surface area (Å²) in [5.41, 5.74) is 3.57. The molecule has 0 N–H and O–H groups in total. The lowest BCUT2D eigenvalue weighted by atomic mass is 10.1. The summed E-state index contributed by atoms with van der Waals surface area (Å²) in [6.45, 7) is 0.517. The van der Waals surface area contributed by atoms with Crippen molar-refractivity contribution in [3.05, 3.63) is 99.5 Å². The van der Waals surface area contributed by atoms with E-state index in [2.05, 4.69) is 15.9 Å². The number of benzene rings is 3. The molecule has 27 heavy (non-hydrogen) atoms. The van der Waals surface area contributed by atoms with Gasteiger partial charge in [0.25, 0.3) is 0 Å². The van der Waals surface area contributed by atoms with Crippen molar-refractivity contribution >= 4 is 34.1 Å². The van der Waals surface area contributed by atoms with Crippen LogP contribution in [0.1, 0.15) is 27.0 Å². The predicted molar refractivity (Wildman–Crippen MR) is 112 cm³/mol. The third kappa shape index (κ3) is 5.08. The lowest BCUT2D eigenvalue weighted by Crippen LogP contribution is -2.00. The Bertz CT molecular complexity index is 949. The monoisotopic (exact) mass is 422 g/mol. The molecule has 0 spiro atoms. The first-order valence-electron chi connectivity index (χ1n) is 8.49. The molecule has 4 heteroatoms. The van der Waals surface area contributed by atoms with E-state index < -0.39 is 0 Å². The van der Waals surface area contributed by atoms with Gasteiger partial charge >= 0.3 is 5.97 Å². The van der Waals surface area contributed by atoms with E-state index in [1.807, 2.05) is 72.8 Å². The van der Waals surface area contributed by atoms with Gasteiger partial charge in [-0.25, -0.2) is 4.79 Å². The summed E-state index contributed by atoms with van der Waals surface area (Å²) in [7, 11) is 1.37. The molecule has 0 aliphatic heterocycles. The van der Waals surface area contributed by atoms with E-state index in [1.165, 1.54) is 7.11 Å². The van der Waals surface area contributed by atoms with Crippen LogP contribution in [0.5, 0.6) is 5.75 Å². The largest absolute Gasteiger partial charge is 0.488 e. The van der Waals surface area contributed by atoms with Crippen LogP contribution < -0.4 is 4.74 Å². The van der Waals surface area contributed by atoms with Crippen molar-refractivity contribution < 1.29 is 14.3 Å². The second-order valence-corrected chi connectivity index (χ2v) is 6.73. The highest BCUT2D eigenvalue weighted by molar-refractivity contribution is 9.10. The quantitative estimate of drug-likeness (QED) is 0.361. The number of carbonyl (C=O) groups excluding carboxylic acids is 1. The fourth-order valence-corrected chi connectivity index (χ4v) is 3.08. The molecule has 3 aromatic carbocycles. The number of rotatable bonds is 6. The van der Waals surface area contributed by atoms with E-state index in [4.69, 9.17) is 9.47 Å². The van der Waals surface area contributed by atoms with E-state index in [0.717, 1.165) is 26.9 Å². The molecule has 136 valence electrons. The van der Waals surface area contributed by atoms with Crippen molar-refractivity contribution in [2.24, 2.45) is 0 Å². The molecule has 0 heterocycles. The minimum absolute atomic E-state index is 0.356. The Morgan fingerprint density at radius 1 is 0.926 bits per heavy atom. The zero-order valence-electron chi connectivity index (χ0n) is 14.9. The molecule has 0 fully saturated rings. The molecule has 0 aromatic heterocycles. The molecule has 3 aromatic rings. The van der Waals surface area contributed by atoms with Crippen molar-refractivity contribution in [1.29, 1.82) is 0 Å². The summed E-state index contributed by atoms with van der Waals surface area (Å²) in [5, 5.41) is 0. The molecule has 0 aliphatic carbocycles. The fraction of sp³-hybridized carbons (Fsp3) is 0.0870. The summed E-state index contributed by atoms with van der Waals surface area (Å²) in [6, 6.07) is 23.3. The number of hydrogen-bond donors (Lipinski definition) is 0. The average Bonchev–Trinajstić information content (AvgIpc) is 2.72. The van der Waals surface area contributed by atoms with Gasteiger partial charge in [0.2, 0.25) is 0 Å². The highest BCUT2D eigenvalue weighted by atomic mass is 79.9. The van der Waals surface area contributed by atoms with Gasteiger partial charge in [0, 0.05) is 10.0 Å². The number of ether oxygens (including phenoxy) is 2. The summed E-state index contributed by atoms with van der Waals surface area (Å²) >= 11 is 3.51. The predicted octanol–water partition coefficient (Wildman–Crippen LogP) is 5.99. The Kier molecular flexibility index (Phi) is 6.44. The van der Waals surface area contributed by atoms with Gasteiger partial charge < -0.3 is 9.47 Å². The van der Waals surface area contributed by atoms with E-state index in [9.17, 15) is 4.79 Å². The number of hydrogen-bond acceptors (Lipinski definition) is 3. The maximum Gasteiger partial charge on any atom is 0.337 e. The number of esters is 1. The third-order valence-electron chi connectivity index (χ3n) is 4.02. The second-order valence-electron chi connectivity index (χ2n) is 5.87. The van der Waals surface area contributed by atoms with Crippen molar-refractivity contribution in [3.63, 3.8) is 0 Å². The van der Waals surface area contributed by atoms with Gasteiger partial charge in [0.15, 0.2) is 0 Å². The van der Waals surface area contributed by atoms with Crippen LogP contribution in [0.25, 0.3) is 12.2 Å². The number of methoxy groups -OCH3 is 1. The van der Waals surface area contributed by atoms with Gasteiger partial charge in [-0.15, -0.1) is 0 Å². The molecule has 0 saturated heterocycles. The fourth-order valence-electron chi connectivity index (χ4n) is 2.57. The summed E-state index contributed by atoms with van der Waals surface area (Å²) in [6.07, 6.45) is 3.98. The van der Waals surface area contributed by atoms with Gasteiger partial charge in [0.1, 0.15) is 12.4 Å². The van der Waals surface area contributed by atoms with E-state index in [-0.39, 0.29) is 5.97 Å². The Morgan fingerprint density at radius 2 is 1.63 bits per heavy atom. The molecule has 0 amide bonds. The van der Waals surface area contributed by atoms with Crippen LogP contribution in [0, 0.1) is 0 Å². The summed E-state index contributed by atoms with van der Waals surface area (Å²) in [4.78, 5) is 11.6. The topological polar surface area (TPSA) is 35.5 Å². The second kappa shape index (κ2) is 9.19. The van der Waals surface area contributed by atoms with Crippen molar-refractivity contribution in [2.75, 3.05) is 7.11 Å². The number of carbonyl (C=O) groups is 1. The summed E-state index contributed by atoms with van der Waals surface area (Å²) < 4.78 is 11.6. The highest BCUT2D eigenvalue weighted by Gasteiger charge is 2.07. The van der Waals surface area contributed by atoms with Crippen LogP contribution in [-0.4, -0.2) is 13.1 Å². The number of halogens is 1. The van der Waals surface area contributed by atoms with Crippen LogP contribution in [0.3, 0.4) is 0 Å². The first-order chi connectivity index (χ1) is 13.2. The van der Waals surface area contributed by atoms with Crippen LogP contribution in [0.2, 0.25) is 0 Å². The van der Waals surface area contributed by atoms with Crippen molar-refractivity contribution in [3.8, 4) is 5.75 Å². The smallest absolute Gasteiger partial charge is 0.337 e. The average molecular weight is 423 g/mol. The van der Waals surface area contributed by atoms with Gasteiger partial charge in [0.05, 0.1) is 12.7 Å². The zero-order chi connectivity index (χ0) is 19.1. The van der Waals surface area contributed by atoms with Gasteiger partial charge in [-0.2, -0.15) is 0 Å². The maximum absolute atomic E-state index is 11.6. The maximum atomic E-state index is 11.6. The zero-order valence-corrected chi connectivity index (χ0v) is 16.5. The summed E-state index contributed by atoms with van der Waals surface area (Å²) in [5.74, 6) is 0.464. The highest BCUT2D eigenvalue weighted by Crippen LogP contribution is 2.25. The lowest BCUT2D eigenvalue weighted by Gasteiger charge is -2.09. The first kappa shape index (κ1) is 18.9. The van der Waals surface area contributed by atoms with Gasteiger partial charge in [-0.05, 0) is 29.3 Å². The SMILES string of the molecule is COC(=O)c1ccc(C=Cc2ccccc2OCc2ccccc2)c(Br)c1. The Morgan fingerprint density at radius 3 is 2.37 bits per heavy atom. The molecule has 3 nitrogen and oxygen atoms in total. The standard InChI is InChI=1S/C23H19BrO3/c1-26-23(25)20-14-12-18(21(24)15-20)11-13-19-9-5-6-10-22(19)27-16-17-7-3-2-4-8-17/h2-15H,16H2,1H3. The normalized spacial score (nSPS) is 10.7. The lowest BCUT2D eigenvalue weighted by molar-refractivity contribution is 0.0600. The van der Waals surface area contributed by atoms with Crippen LogP contribution in [0.4, 0.5) is 0 Å². The van der Waals surface area contributed by atoms with Crippen LogP contribution >= 0.6 is 15.9 Å². The molecule has 0 radical (unpaired) electrons. The van der Waals surface area contributed by atoms with E-state index in [0.29, 0.717) is 12.2 Å². The van der Waals surface area contributed by atoms with E-state index >= 15 is 0 Å². The molecule has 3 rings (SSSR count).